The van der Waals surface area contributed by atoms with Gasteiger partial charge in [-0.3, -0.25) is 19.1 Å². The summed E-state index contributed by atoms with van der Waals surface area (Å²) in [6.45, 7) is 4.22. The van der Waals surface area contributed by atoms with Crippen LogP contribution in [0.1, 0.15) is 83.6 Å². The highest BCUT2D eigenvalue weighted by Crippen LogP contribution is 2.53. The number of aliphatic hydroxyl groups excluding tert-OH is 1. The van der Waals surface area contributed by atoms with E-state index in [9.17, 15) is 37.6 Å². The number of nitrogens with zero attached hydrogens (tertiary/aromatic N) is 3. The molecule has 3 amide bonds. The molecule has 2 aliphatic heterocycles. The highest BCUT2D eigenvalue weighted by atomic mass is 32.2. The second kappa shape index (κ2) is 18.8. The van der Waals surface area contributed by atoms with Gasteiger partial charge in [-0.25, -0.2) is 17.5 Å². The minimum absolute atomic E-state index is 0.0512. The van der Waals surface area contributed by atoms with Crippen LogP contribution in [0.2, 0.25) is 0 Å². The highest BCUT2D eigenvalue weighted by molar-refractivity contribution is 7.88. The molecule has 0 aromatic heterocycles. The third-order valence-corrected chi connectivity index (χ3v) is 13.6. The molecule has 1 saturated heterocycles. The first kappa shape index (κ1) is 41.0. The lowest BCUT2D eigenvalue weighted by Crippen LogP contribution is -2.59. The minimum Gasteiger partial charge on any atom is -0.491 e. The summed E-state index contributed by atoms with van der Waals surface area (Å²) in [5.74, 6) is -2.05. The molecule has 1 saturated carbocycles. The number of carbonyl (C=O) groups excluding carboxylic acids is 2. The van der Waals surface area contributed by atoms with Crippen molar-refractivity contribution in [3.8, 4) is 5.75 Å². The Morgan fingerprint density at radius 3 is 2.29 bits per heavy atom. The summed E-state index contributed by atoms with van der Waals surface area (Å²) in [4.78, 5) is 43.7. The Morgan fingerprint density at radius 1 is 1.04 bits per heavy atom. The third-order valence-electron chi connectivity index (χ3n) is 10.0. The standard InChI is InChI=1S/C34H55N4O11PS/c1-4-48-50(44,49-5-2)33(41)28(15-16-31(39)36-21-22-47-30-14-10-9-13-26(30)24-36)35-32(40)29(23-25-11-7-6-8-12-25)38(34(42)43)27-17-19-37(20-18-27)51(3,45)46/h9-10,13-14,25,27-29,33,41H,4-8,11-12,15-24H2,1-3H3,(H,35,40)(H,42,43). The van der Waals surface area contributed by atoms with E-state index in [-0.39, 0.29) is 76.8 Å². The summed E-state index contributed by atoms with van der Waals surface area (Å²) in [5, 5.41) is 24.9. The number of hydrogen-bond acceptors (Lipinski definition) is 10. The molecule has 3 atom stereocenters. The molecule has 3 aliphatic rings. The molecule has 3 unspecified atom stereocenters. The van der Waals surface area contributed by atoms with Crippen molar-refractivity contribution in [1.29, 1.82) is 0 Å². The molecule has 1 aliphatic carbocycles. The minimum atomic E-state index is -4.22. The Kier molecular flexibility index (Phi) is 15.1. The summed E-state index contributed by atoms with van der Waals surface area (Å²) >= 11 is 0. The van der Waals surface area contributed by atoms with E-state index >= 15 is 0 Å². The average Bonchev–Trinajstić information content (AvgIpc) is 3.32. The number of hydrogen-bond donors (Lipinski definition) is 3. The van der Waals surface area contributed by atoms with Crippen molar-refractivity contribution < 1.29 is 51.4 Å². The number of sulfonamides is 1. The predicted molar refractivity (Wildman–Crippen MR) is 190 cm³/mol. The first-order valence-electron chi connectivity index (χ1n) is 18.1. The lowest BCUT2D eigenvalue weighted by atomic mass is 9.83. The average molecular weight is 759 g/mol. The van der Waals surface area contributed by atoms with Crippen LogP contribution in [0.3, 0.4) is 0 Å². The summed E-state index contributed by atoms with van der Waals surface area (Å²) in [6, 6.07) is 4.32. The number of rotatable bonds is 16. The molecule has 1 aromatic rings. The zero-order valence-electron chi connectivity index (χ0n) is 30.0. The third kappa shape index (κ3) is 11.1. The van der Waals surface area contributed by atoms with E-state index in [2.05, 4.69) is 5.32 Å². The van der Waals surface area contributed by atoms with E-state index in [4.69, 9.17) is 13.8 Å². The second-order valence-electron chi connectivity index (χ2n) is 13.6. The molecular formula is C34H55N4O11PS. The Morgan fingerprint density at radius 2 is 1.69 bits per heavy atom. The molecule has 0 spiro atoms. The van der Waals surface area contributed by atoms with Crippen molar-refractivity contribution in [2.75, 3.05) is 45.7 Å². The van der Waals surface area contributed by atoms with Gasteiger partial charge in [0.15, 0.2) is 5.85 Å². The monoisotopic (exact) mass is 758 g/mol. The van der Waals surface area contributed by atoms with Crippen LogP contribution in [0.25, 0.3) is 0 Å². The summed E-state index contributed by atoms with van der Waals surface area (Å²) in [7, 11) is -7.69. The van der Waals surface area contributed by atoms with Gasteiger partial charge in [0.1, 0.15) is 18.4 Å². The van der Waals surface area contributed by atoms with Crippen LogP contribution in [0.15, 0.2) is 24.3 Å². The fourth-order valence-electron chi connectivity index (χ4n) is 7.40. The smallest absolute Gasteiger partial charge is 0.408 e. The molecule has 15 nitrogen and oxygen atoms in total. The van der Waals surface area contributed by atoms with Crippen molar-refractivity contribution in [3.63, 3.8) is 0 Å². The highest BCUT2D eigenvalue weighted by Gasteiger charge is 2.44. The van der Waals surface area contributed by atoms with E-state index in [1.807, 2.05) is 24.3 Å². The number of fused-ring (bicyclic) bond motifs is 1. The number of piperidine rings is 1. The van der Waals surface area contributed by atoms with Gasteiger partial charge in [-0.2, -0.15) is 0 Å². The van der Waals surface area contributed by atoms with Crippen molar-refractivity contribution >= 4 is 35.5 Å². The van der Waals surface area contributed by atoms with E-state index in [1.165, 1.54) is 4.31 Å². The van der Waals surface area contributed by atoms with Crippen LogP contribution in [-0.4, -0.2) is 120 Å². The van der Waals surface area contributed by atoms with Crippen molar-refractivity contribution in [1.82, 2.24) is 19.4 Å². The van der Waals surface area contributed by atoms with E-state index in [0.717, 1.165) is 48.8 Å². The topological polar surface area (TPSA) is 192 Å². The molecule has 288 valence electrons. The first-order valence-corrected chi connectivity index (χ1v) is 21.6. The van der Waals surface area contributed by atoms with Gasteiger partial charge in [-0.05, 0) is 51.5 Å². The van der Waals surface area contributed by atoms with Crippen molar-refractivity contribution in [2.24, 2.45) is 5.92 Å². The first-order chi connectivity index (χ1) is 24.3. The summed E-state index contributed by atoms with van der Waals surface area (Å²) in [5.41, 5.74) is 0.840. The number of aliphatic hydroxyl groups is 1. The maximum atomic E-state index is 14.4. The van der Waals surface area contributed by atoms with Gasteiger partial charge in [-0.15, -0.1) is 0 Å². The van der Waals surface area contributed by atoms with E-state index in [0.29, 0.717) is 18.8 Å². The lowest BCUT2D eigenvalue weighted by Gasteiger charge is -2.41. The molecular weight excluding hydrogens is 703 g/mol. The largest absolute Gasteiger partial charge is 0.491 e. The molecule has 0 radical (unpaired) electrons. The van der Waals surface area contributed by atoms with Crippen LogP contribution in [0.5, 0.6) is 5.75 Å². The number of carbonyl (C=O) groups is 3. The molecule has 1 aromatic carbocycles. The van der Waals surface area contributed by atoms with Gasteiger partial charge in [0.25, 0.3) is 0 Å². The van der Waals surface area contributed by atoms with Crippen molar-refractivity contribution in [2.45, 2.75) is 109 Å². The van der Waals surface area contributed by atoms with Crippen LogP contribution < -0.4 is 10.1 Å². The fourth-order valence-corrected chi connectivity index (χ4v) is 10.0. The lowest BCUT2D eigenvalue weighted by molar-refractivity contribution is -0.133. The maximum Gasteiger partial charge on any atom is 0.408 e. The van der Waals surface area contributed by atoms with E-state index < -0.39 is 53.6 Å². The predicted octanol–water partition coefficient (Wildman–Crippen LogP) is 4.00. The zero-order valence-corrected chi connectivity index (χ0v) is 31.7. The Labute approximate surface area is 301 Å². The molecule has 4 rings (SSSR count). The molecule has 3 N–H and O–H groups in total. The molecule has 2 fully saturated rings. The van der Waals surface area contributed by atoms with Gasteiger partial charge >= 0.3 is 13.7 Å². The number of para-hydroxylation sites is 1. The number of amides is 3. The van der Waals surface area contributed by atoms with Crippen molar-refractivity contribution in [3.05, 3.63) is 29.8 Å². The van der Waals surface area contributed by atoms with Crippen LogP contribution in [0, 0.1) is 5.92 Å². The number of nitrogens with one attached hydrogen (secondary N) is 1. The van der Waals surface area contributed by atoms with Crippen LogP contribution >= 0.6 is 7.60 Å². The maximum absolute atomic E-state index is 14.4. The molecule has 17 heteroatoms. The van der Waals surface area contributed by atoms with Gasteiger partial charge in [-0.1, -0.05) is 50.3 Å². The zero-order chi connectivity index (χ0) is 37.2. The number of carboxylic acid groups (broad SMARTS) is 1. The van der Waals surface area contributed by atoms with Gasteiger partial charge in [0.2, 0.25) is 21.8 Å². The molecule has 51 heavy (non-hydrogen) atoms. The SMILES string of the molecule is CCOP(=O)(OCC)C(O)C(CCC(=O)N1CCOc2ccccc2C1)NC(=O)C(CC1CCCCC1)N(C(=O)O)C1CCN(S(C)(=O)=O)CC1. The Hall–Kier alpha value is -2.75. The number of benzene rings is 1. The fraction of sp³-hybridized carbons (Fsp3) is 0.735. The van der Waals surface area contributed by atoms with Gasteiger partial charge < -0.3 is 34.2 Å². The molecule has 2 heterocycles. The summed E-state index contributed by atoms with van der Waals surface area (Å²) < 4.78 is 56.2. The Bertz CT molecular complexity index is 1470. The van der Waals surface area contributed by atoms with Crippen LogP contribution in [0.4, 0.5) is 4.79 Å². The second-order valence-corrected chi connectivity index (χ2v) is 17.7. The van der Waals surface area contributed by atoms with Gasteiger partial charge in [0, 0.05) is 37.7 Å². The van der Waals surface area contributed by atoms with Crippen LogP contribution in [-0.2, 0) is 39.8 Å². The quantitative estimate of drug-likeness (QED) is 0.207. The normalized spacial score (nSPS) is 20.0. The Balaban J connectivity index is 1.60. The van der Waals surface area contributed by atoms with E-state index in [1.54, 1.807) is 18.7 Å². The molecule has 0 bridgehead atoms. The van der Waals surface area contributed by atoms with Gasteiger partial charge in [0.05, 0.1) is 32.1 Å². The number of ether oxygens (including phenoxy) is 1. The summed E-state index contributed by atoms with van der Waals surface area (Å²) in [6.07, 6.45) is 4.81.